The summed E-state index contributed by atoms with van der Waals surface area (Å²) in [6.07, 6.45) is 4.51. The Labute approximate surface area is 125 Å². The van der Waals surface area contributed by atoms with E-state index >= 15 is 0 Å². The maximum absolute atomic E-state index is 12.2. The molecule has 1 amide bonds. The maximum Gasteiger partial charge on any atom is 0.308 e. The first-order chi connectivity index (χ1) is 9.99. The summed E-state index contributed by atoms with van der Waals surface area (Å²) in [6.45, 7) is 3.87. The molecule has 0 spiro atoms. The van der Waals surface area contributed by atoms with Gasteiger partial charge in [0.1, 0.15) is 0 Å². The van der Waals surface area contributed by atoms with E-state index in [0.717, 1.165) is 12.8 Å². The van der Waals surface area contributed by atoms with E-state index in [0.29, 0.717) is 5.56 Å². The maximum atomic E-state index is 12.2. The number of hydrogen-bond acceptors (Lipinski definition) is 2. The van der Waals surface area contributed by atoms with Gasteiger partial charge in [-0.1, -0.05) is 19.9 Å². The Morgan fingerprint density at radius 2 is 1.86 bits per heavy atom. The first-order valence-electron chi connectivity index (χ1n) is 7.62. The third-order valence-corrected chi connectivity index (χ3v) is 4.22. The highest BCUT2D eigenvalue weighted by Gasteiger charge is 2.22. The molecular formula is C17H23NO3. The molecule has 0 bridgehead atoms. The number of rotatable bonds is 5. The van der Waals surface area contributed by atoms with Gasteiger partial charge in [-0.2, -0.15) is 0 Å². The van der Waals surface area contributed by atoms with Gasteiger partial charge in [0.05, 0.1) is 5.92 Å². The molecule has 1 aromatic rings. The number of hydrogen-bond donors (Lipinski definition) is 2. The number of nitrogens with one attached hydrogen (secondary N) is 1. The summed E-state index contributed by atoms with van der Waals surface area (Å²) >= 11 is 0. The van der Waals surface area contributed by atoms with Crippen LogP contribution in [0, 0.1) is 11.8 Å². The first kappa shape index (κ1) is 15.5. The fraction of sp³-hybridized carbons (Fsp3) is 0.529. The minimum Gasteiger partial charge on any atom is -0.481 e. The van der Waals surface area contributed by atoms with Crippen molar-refractivity contribution in [3.05, 3.63) is 34.9 Å². The van der Waals surface area contributed by atoms with Crippen molar-refractivity contribution < 1.29 is 14.7 Å². The smallest absolute Gasteiger partial charge is 0.308 e. The van der Waals surface area contributed by atoms with E-state index in [-0.39, 0.29) is 18.4 Å². The van der Waals surface area contributed by atoms with Crippen LogP contribution in [0.3, 0.4) is 0 Å². The van der Waals surface area contributed by atoms with E-state index in [9.17, 15) is 9.59 Å². The lowest BCUT2D eigenvalue weighted by Crippen LogP contribution is -2.35. The normalized spacial score (nSPS) is 15.4. The second-order valence-electron chi connectivity index (χ2n) is 6.09. The quantitative estimate of drug-likeness (QED) is 0.875. The van der Waals surface area contributed by atoms with Crippen molar-refractivity contribution in [3.63, 3.8) is 0 Å². The third-order valence-electron chi connectivity index (χ3n) is 4.22. The van der Waals surface area contributed by atoms with Crippen molar-refractivity contribution >= 4 is 11.9 Å². The number of carbonyl (C=O) groups is 2. The Balaban J connectivity index is 2.02. The molecule has 4 nitrogen and oxygen atoms in total. The zero-order valence-electron chi connectivity index (χ0n) is 12.7. The molecule has 0 aromatic heterocycles. The zero-order chi connectivity index (χ0) is 15.4. The monoisotopic (exact) mass is 289 g/mol. The minimum absolute atomic E-state index is 0.00803. The van der Waals surface area contributed by atoms with Gasteiger partial charge < -0.3 is 10.4 Å². The molecule has 114 valence electrons. The summed E-state index contributed by atoms with van der Waals surface area (Å²) in [5, 5.41) is 11.9. The lowest BCUT2D eigenvalue weighted by molar-refractivity contribution is -0.142. The molecular weight excluding hydrogens is 266 g/mol. The Morgan fingerprint density at radius 3 is 2.48 bits per heavy atom. The van der Waals surface area contributed by atoms with Crippen molar-refractivity contribution in [1.29, 1.82) is 0 Å². The van der Waals surface area contributed by atoms with Gasteiger partial charge in [-0.05, 0) is 54.9 Å². The van der Waals surface area contributed by atoms with E-state index in [1.54, 1.807) is 0 Å². The van der Waals surface area contributed by atoms with Gasteiger partial charge in [-0.15, -0.1) is 0 Å². The van der Waals surface area contributed by atoms with Crippen molar-refractivity contribution in [3.8, 4) is 0 Å². The van der Waals surface area contributed by atoms with Gasteiger partial charge in [0, 0.05) is 12.1 Å². The number of aliphatic carboxylic acids is 1. The van der Waals surface area contributed by atoms with Crippen LogP contribution in [0.2, 0.25) is 0 Å². The van der Waals surface area contributed by atoms with E-state index in [1.807, 2.05) is 32.0 Å². The SMILES string of the molecule is CC(C)C(CNC(=O)c1ccc2c(c1)CCCC2)C(=O)O. The van der Waals surface area contributed by atoms with E-state index in [1.165, 1.54) is 24.0 Å². The van der Waals surface area contributed by atoms with E-state index in [4.69, 9.17) is 5.11 Å². The average molecular weight is 289 g/mol. The van der Waals surface area contributed by atoms with Crippen molar-refractivity contribution in [2.45, 2.75) is 39.5 Å². The molecule has 0 heterocycles. The Hall–Kier alpha value is -1.84. The number of benzene rings is 1. The third kappa shape index (κ3) is 3.84. The van der Waals surface area contributed by atoms with E-state index in [2.05, 4.69) is 5.32 Å². The Morgan fingerprint density at radius 1 is 1.19 bits per heavy atom. The molecule has 2 rings (SSSR count). The lowest BCUT2D eigenvalue weighted by atomic mass is 9.90. The molecule has 1 unspecified atom stereocenters. The van der Waals surface area contributed by atoms with Gasteiger partial charge >= 0.3 is 5.97 Å². The molecule has 2 N–H and O–H groups in total. The number of aryl methyl sites for hydroxylation is 2. The fourth-order valence-corrected chi connectivity index (χ4v) is 2.79. The largest absolute Gasteiger partial charge is 0.481 e. The summed E-state index contributed by atoms with van der Waals surface area (Å²) in [4.78, 5) is 23.3. The second kappa shape index (κ2) is 6.74. The molecule has 0 radical (unpaired) electrons. The van der Waals surface area contributed by atoms with Crippen molar-refractivity contribution in [1.82, 2.24) is 5.32 Å². The number of carboxylic acid groups (broad SMARTS) is 1. The first-order valence-corrected chi connectivity index (χ1v) is 7.62. The van der Waals surface area contributed by atoms with Crippen LogP contribution in [0.4, 0.5) is 0 Å². The number of fused-ring (bicyclic) bond motifs is 1. The van der Waals surface area contributed by atoms with Gasteiger partial charge in [0.15, 0.2) is 0 Å². The molecule has 0 saturated carbocycles. The molecule has 0 fully saturated rings. The molecule has 1 aliphatic rings. The Bertz CT molecular complexity index is 537. The molecule has 1 aliphatic carbocycles. The summed E-state index contributed by atoms with van der Waals surface area (Å²) < 4.78 is 0. The van der Waals surface area contributed by atoms with Crippen LogP contribution >= 0.6 is 0 Å². The molecule has 0 aliphatic heterocycles. The predicted octanol–water partition coefficient (Wildman–Crippen LogP) is 2.65. The lowest BCUT2D eigenvalue weighted by Gasteiger charge is -2.18. The molecule has 21 heavy (non-hydrogen) atoms. The van der Waals surface area contributed by atoms with Crippen LogP contribution in [-0.4, -0.2) is 23.5 Å². The van der Waals surface area contributed by atoms with Crippen LogP contribution in [0.25, 0.3) is 0 Å². The number of carboxylic acids is 1. The second-order valence-corrected chi connectivity index (χ2v) is 6.09. The van der Waals surface area contributed by atoms with Crippen LogP contribution in [0.5, 0.6) is 0 Å². The molecule has 4 heteroatoms. The van der Waals surface area contributed by atoms with Crippen molar-refractivity contribution in [2.75, 3.05) is 6.54 Å². The summed E-state index contributed by atoms with van der Waals surface area (Å²) in [5.41, 5.74) is 3.22. The van der Waals surface area contributed by atoms with Crippen LogP contribution in [0.1, 0.15) is 48.2 Å². The van der Waals surface area contributed by atoms with Crippen molar-refractivity contribution in [2.24, 2.45) is 11.8 Å². The highest BCUT2D eigenvalue weighted by atomic mass is 16.4. The Kier molecular flexibility index (Phi) is 4.99. The summed E-state index contributed by atoms with van der Waals surface area (Å²) in [6, 6.07) is 5.82. The summed E-state index contributed by atoms with van der Waals surface area (Å²) in [7, 11) is 0. The van der Waals surface area contributed by atoms with Gasteiger partial charge in [0.25, 0.3) is 5.91 Å². The van der Waals surface area contributed by atoms with Crippen LogP contribution in [0.15, 0.2) is 18.2 Å². The summed E-state index contributed by atoms with van der Waals surface area (Å²) in [5.74, 6) is -1.61. The molecule has 0 saturated heterocycles. The molecule has 1 atom stereocenters. The molecule has 1 aromatic carbocycles. The van der Waals surface area contributed by atoms with Gasteiger partial charge in [-0.3, -0.25) is 9.59 Å². The van der Waals surface area contributed by atoms with Crippen LogP contribution < -0.4 is 5.32 Å². The number of carbonyl (C=O) groups excluding carboxylic acids is 1. The van der Waals surface area contributed by atoms with Gasteiger partial charge in [0.2, 0.25) is 0 Å². The number of amides is 1. The highest BCUT2D eigenvalue weighted by molar-refractivity contribution is 5.94. The highest BCUT2D eigenvalue weighted by Crippen LogP contribution is 2.22. The predicted molar refractivity (Wildman–Crippen MR) is 81.4 cm³/mol. The van der Waals surface area contributed by atoms with Gasteiger partial charge in [-0.25, -0.2) is 0 Å². The topological polar surface area (TPSA) is 66.4 Å². The van der Waals surface area contributed by atoms with Crippen LogP contribution in [-0.2, 0) is 17.6 Å². The average Bonchev–Trinajstić information content (AvgIpc) is 2.46. The van der Waals surface area contributed by atoms with E-state index < -0.39 is 11.9 Å². The zero-order valence-corrected chi connectivity index (χ0v) is 12.7. The fourth-order valence-electron chi connectivity index (χ4n) is 2.79. The standard InChI is InChI=1S/C17H23NO3/c1-11(2)15(17(20)21)10-18-16(19)14-8-7-12-5-3-4-6-13(12)9-14/h7-9,11,15H,3-6,10H2,1-2H3,(H,18,19)(H,20,21). The minimum atomic E-state index is -0.865.